The number of carbonyl (C=O) groups excluding carboxylic acids is 1. The first-order chi connectivity index (χ1) is 11.7. The van der Waals surface area contributed by atoms with E-state index in [0.717, 1.165) is 31.9 Å². The first kappa shape index (κ1) is 15.4. The van der Waals surface area contributed by atoms with Crippen molar-refractivity contribution in [3.05, 3.63) is 48.3 Å². The van der Waals surface area contributed by atoms with Crippen molar-refractivity contribution in [2.75, 3.05) is 39.9 Å². The van der Waals surface area contributed by atoms with Crippen LogP contribution < -0.4 is 0 Å². The summed E-state index contributed by atoms with van der Waals surface area (Å²) in [6.07, 6.45) is 3.62. The highest BCUT2D eigenvalue weighted by atomic mass is 16.5. The lowest BCUT2D eigenvalue weighted by molar-refractivity contribution is 0.0433. The summed E-state index contributed by atoms with van der Waals surface area (Å²) in [4.78, 5) is 17.4. The third-order valence-corrected chi connectivity index (χ3v) is 4.89. The van der Waals surface area contributed by atoms with E-state index in [-0.39, 0.29) is 11.9 Å². The predicted molar refractivity (Wildman–Crippen MR) is 90.2 cm³/mol. The number of hydrogen-bond acceptors (Lipinski definition) is 4. The molecule has 2 aliphatic heterocycles. The molecule has 2 aromatic rings. The molecule has 2 aliphatic rings. The number of fused-ring (bicyclic) bond motifs is 3. The van der Waals surface area contributed by atoms with Crippen LogP contribution in [0.5, 0.6) is 0 Å². The maximum absolute atomic E-state index is 13.0. The fourth-order valence-corrected chi connectivity index (χ4v) is 3.60. The SMILES string of the molecule is CN1C[C@H]2COC[C@@H]1CN(C(=O)c1cccc(-n3cccn3)c1)C2. The van der Waals surface area contributed by atoms with Crippen LogP contribution in [-0.4, -0.2) is 71.4 Å². The Kier molecular flexibility index (Phi) is 4.08. The summed E-state index contributed by atoms with van der Waals surface area (Å²) in [7, 11) is 2.12. The summed E-state index contributed by atoms with van der Waals surface area (Å²) in [5.41, 5.74) is 1.62. The molecule has 2 atom stereocenters. The van der Waals surface area contributed by atoms with E-state index >= 15 is 0 Å². The largest absolute Gasteiger partial charge is 0.379 e. The molecule has 3 heterocycles. The Balaban J connectivity index is 1.58. The van der Waals surface area contributed by atoms with Crippen molar-refractivity contribution < 1.29 is 9.53 Å². The van der Waals surface area contributed by atoms with Crippen molar-refractivity contribution in [2.24, 2.45) is 5.92 Å². The van der Waals surface area contributed by atoms with E-state index in [9.17, 15) is 4.79 Å². The summed E-state index contributed by atoms with van der Waals surface area (Å²) < 4.78 is 7.52. The molecular weight excluding hydrogens is 304 g/mol. The van der Waals surface area contributed by atoms with E-state index in [2.05, 4.69) is 17.0 Å². The van der Waals surface area contributed by atoms with Gasteiger partial charge in [-0.05, 0) is 31.3 Å². The molecule has 2 fully saturated rings. The summed E-state index contributed by atoms with van der Waals surface area (Å²) in [5.74, 6) is 0.469. The molecule has 0 N–H and O–H groups in total. The second kappa shape index (κ2) is 6.37. The third-order valence-electron chi connectivity index (χ3n) is 4.89. The first-order valence-electron chi connectivity index (χ1n) is 8.38. The summed E-state index contributed by atoms with van der Waals surface area (Å²) in [5, 5.41) is 4.24. The second-order valence-electron chi connectivity index (χ2n) is 6.71. The Hall–Kier alpha value is -2.18. The molecule has 24 heavy (non-hydrogen) atoms. The average Bonchev–Trinajstić information content (AvgIpc) is 3.00. The van der Waals surface area contributed by atoms with Crippen molar-refractivity contribution in [1.29, 1.82) is 0 Å². The highest BCUT2D eigenvalue weighted by Crippen LogP contribution is 2.20. The molecular formula is C18H22N4O2. The zero-order chi connectivity index (χ0) is 16.5. The lowest BCUT2D eigenvalue weighted by atomic mass is 10.1. The van der Waals surface area contributed by atoms with E-state index < -0.39 is 0 Å². The lowest BCUT2D eigenvalue weighted by Crippen LogP contribution is -2.44. The van der Waals surface area contributed by atoms with Gasteiger partial charge in [-0.25, -0.2) is 4.68 Å². The zero-order valence-electron chi connectivity index (χ0n) is 13.8. The van der Waals surface area contributed by atoms with Crippen molar-refractivity contribution in [1.82, 2.24) is 19.6 Å². The number of benzene rings is 1. The lowest BCUT2D eigenvalue weighted by Gasteiger charge is -2.30. The number of nitrogens with zero attached hydrogens (tertiary/aromatic N) is 4. The van der Waals surface area contributed by atoms with E-state index in [4.69, 9.17) is 4.74 Å². The predicted octanol–water partition coefficient (Wildman–Crippen LogP) is 1.27. The van der Waals surface area contributed by atoms with Gasteiger partial charge in [0.05, 0.1) is 24.9 Å². The second-order valence-corrected chi connectivity index (χ2v) is 6.71. The van der Waals surface area contributed by atoms with Crippen molar-refractivity contribution in [3.8, 4) is 5.69 Å². The number of carbonyl (C=O) groups is 1. The monoisotopic (exact) mass is 326 g/mol. The Morgan fingerprint density at radius 1 is 1.21 bits per heavy atom. The summed E-state index contributed by atoms with van der Waals surface area (Å²) >= 11 is 0. The van der Waals surface area contributed by atoms with E-state index in [0.29, 0.717) is 18.1 Å². The van der Waals surface area contributed by atoms with Crippen molar-refractivity contribution in [3.63, 3.8) is 0 Å². The summed E-state index contributed by atoms with van der Waals surface area (Å²) in [6.45, 7) is 3.90. The highest BCUT2D eigenvalue weighted by Gasteiger charge is 2.33. The van der Waals surface area contributed by atoms with Gasteiger partial charge in [0, 0.05) is 43.5 Å². The number of likely N-dealkylation sites (N-methyl/N-ethyl adjacent to an activating group) is 1. The molecule has 0 saturated carbocycles. The van der Waals surface area contributed by atoms with Gasteiger partial charge in [-0.15, -0.1) is 0 Å². The molecule has 4 rings (SSSR count). The van der Waals surface area contributed by atoms with Gasteiger partial charge in [0.1, 0.15) is 0 Å². The molecule has 0 unspecified atom stereocenters. The Morgan fingerprint density at radius 2 is 2.12 bits per heavy atom. The normalized spacial score (nSPS) is 24.6. The molecule has 0 spiro atoms. The van der Waals surface area contributed by atoms with Gasteiger partial charge >= 0.3 is 0 Å². The van der Waals surface area contributed by atoms with Gasteiger partial charge in [-0.3, -0.25) is 9.69 Å². The average molecular weight is 326 g/mol. The standard InChI is InChI=1S/C18H22N4O2/c1-20-9-14-10-21(11-17(20)13-24-12-14)18(23)15-4-2-5-16(8-15)22-7-3-6-19-22/h2-8,14,17H,9-13H2,1H3/t14-,17+/m1/s1. The van der Waals surface area contributed by atoms with Crippen LogP contribution in [0.3, 0.4) is 0 Å². The molecule has 0 radical (unpaired) electrons. The van der Waals surface area contributed by atoms with Gasteiger partial charge in [0.2, 0.25) is 0 Å². The summed E-state index contributed by atoms with van der Waals surface area (Å²) in [6, 6.07) is 9.82. The molecule has 6 nitrogen and oxygen atoms in total. The quantitative estimate of drug-likeness (QED) is 0.834. The van der Waals surface area contributed by atoms with Crippen LogP contribution in [0.1, 0.15) is 10.4 Å². The Morgan fingerprint density at radius 3 is 2.96 bits per heavy atom. The third kappa shape index (κ3) is 2.95. The van der Waals surface area contributed by atoms with E-state index in [1.54, 1.807) is 10.9 Å². The number of rotatable bonds is 2. The van der Waals surface area contributed by atoms with Crippen LogP contribution in [-0.2, 0) is 4.74 Å². The number of hydrogen-bond donors (Lipinski definition) is 0. The first-order valence-corrected chi connectivity index (χ1v) is 8.38. The Labute approximate surface area is 141 Å². The minimum absolute atomic E-state index is 0.0937. The molecule has 126 valence electrons. The molecule has 6 heteroatoms. The van der Waals surface area contributed by atoms with Crippen molar-refractivity contribution in [2.45, 2.75) is 6.04 Å². The van der Waals surface area contributed by atoms with Gasteiger partial charge in [0.15, 0.2) is 0 Å². The van der Waals surface area contributed by atoms with Crippen LogP contribution in [0.25, 0.3) is 5.69 Å². The number of amides is 1. The van der Waals surface area contributed by atoms with Gasteiger partial charge < -0.3 is 9.64 Å². The van der Waals surface area contributed by atoms with E-state index in [1.807, 2.05) is 41.4 Å². The molecule has 1 aromatic heterocycles. The minimum atomic E-state index is 0.0937. The molecule has 0 aliphatic carbocycles. The minimum Gasteiger partial charge on any atom is -0.379 e. The molecule has 2 saturated heterocycles. The Bertz CT molecular complexity index is 716. The smallest absolute Gasteiger partial charge is 0.253 e. The van der Waals surface area contributed by atoms with Crippen LogP contribution in [0.4, 0.5) is 0 Å². The molecule has 1 amide bonds. The van der Waals surface area contributed by atoms with Gasteiger partial charge in [-0.2, -0.15) is 5.10 Å². The fourth-order valence-electron chi connectivity index (χ4n) is 3.60. The zero-order valence-corrected chi connectivity index (χ0v) is 13.8. The van der Waals surface area contributed by atoms with E-state index in [1.165, 1.54) is 0 Å². The van der Waals surface area contributed by atoms with Gasteiger partial charge in [0.25, 0.3) is 5.91 Å². The van der Waals surface area contributed by atoms with Crippen LogP contribution in [0.15, 0.2) is 42.7 Å². The number of ether oxygens (including phenoxy) is 1. The fraction of sp³-hybridized carbons (Fsp3) is 0.444. The molecule has 2 bridgehead atoms. The molecule has 1 aromatic carbocycles. The van der Waals surface area contributed by atoms with Crippen LogP contribution in [0.2, 0.25) is 0 Å². The maximum Gasteiger partial charge on any atom is 0.253 e. The van der Waals surface area contributed by atoms with Crippen LogP contribution in [0, 0.1) is 5.92 Å². The van der Waals surface area contributed by atoms with Gasteiger partial charge in [-0.1, -0.05) is 6.07 Å². The topological polar surface area (TPSA) is 50.6 Å². The maximum atomic E-state index is 13.0. The van der Waals surface area contributed by atoms with Crippen LogP contribution >= 0.6 is 0 Å². The van der Waals surface area contributed by atoms with Crippen molar-refractivity contribution >= 4 is 5.91 Å². The highest BCUT2D eigenvalue weighted by molar-refractivity contribution is 5.94. The number of aromatic nitrogens is 2.